The highest BCUT2D eigenvalue weighted by atomic mass is 19.2. The van der Waals surface area contributed by atoms with Gasteiger partial charge in [-0.3, -0.25) is 4.79 Å². The molecule has 0 radical (unpaired) electrons. The van der Waals surface area contributed by atoms with Gasteiger partial charge in [0.2, 0.25) is 0 Å². The highest BCUT2D eigenvalue weighted by molar-refractivity contribution is 5.72. The third kappa shape index (κ3) is 3.12. The van der Waals surface area contributed by atoms with Crippen LogP contribution in [0, 0.1) is 17.5 Å². The Morgan fingerprint density at radius 3 is 2.69 bits per heavy atom. The molecule has 0 heterocycles. The Balaban J connectivity index is 2.85. The molecule has 0 bridgehead atoms. The molecule has 16 heavy (non-hydrogen) atoms. The van der Waals surface area contributed by atoms with Crippen LogP contribution in [0.3, 0.4) is 0 Å². The molecule has 86 valence electrons. The summed E-state index contributed by atoms with van der Waals surface area (Å²) in [4.78, 5) is 10.7. The van der Waals surface area contributed by atoms with Crippen molar-refractivity contribution in [2.75, 3.05) is 7.11 Å². The van der Waals surface area contributed by atoms with E-state index in [-0.39, 0.29) is 12.0 Å². The monoisotopic (exact) mass is 230 g/mol. The summed E-state index contributed by atoms with van der Waals surface area (Å²) in [6.07, 6.45) is 2.30. The number of esters is 1. The van der Waals surface area contributed by atoms with Crippen LogP contribution in [-0.4, -0.2) is 13.1 Å². The average molecular weight is 230 g/mol. The van der Waals surface area contributed by atoms with Gasteiger partial charge in [0.25, 0.3) is 0 Å². The lowest BCUT2D eigenvalue weighted by Crippen LogP contribution is -1.97. The number of rotatable bonds is 3. The molecule has 5 heteroatoms. The first-order valence-electron chi connectivity index (χ1n) is 4.42. The van der Waals surface area contributed by atoms with Gasteiger partial charge >= 0.3 is 5.97 Å². The van der Waals surface area contributed by atoms with E-state index in [9.17, 15) is 18.0 Å². The summed E-state index contributed by atoms with van der Waals surface area (Å²) in [6, 6.07) is 1.29. The Hall–Kier alpha value is -1.78. The Morgan fingerprint density at radius 2 is 2.06 bits per heavy atom. The molecule has 0 amide bonds. The first-order chi connectivity index (χ1) is 7.54. The standard InChI is InChI=1S/C11H9F3O2/c1-16-10(15)4-2-3-7-5-8(12)6-9(13)11(7)14/h2-3,5-6H,4H2,1H3. The maximum atomic E-state index is 13.1. The highest BCUT2D eigenvalue weighted by Gasteiger charge is 2.08. The predicted molar refractivity (Wildman–Crippen MR) is 52.0 cm³/mol. The van der Waals surface area contributed by atoms with Gasteiger partial charge in [-0.05, 0) is 6.07 Å². The summed E-state index contributed by atoms with van der Waals surface area (Å²) >= 11 is 0. The molecule has 0 spiro atoms. The van der Waals surface area contributed by atoms with Crippen molar-refractivity contribution in [2.45, 2.75) is 6.42 Å². The van der Waals surface area contributed by atoms with Gasteiger partial charge in [0.15, 0.2) is 11.6 Å². The molecule has 0 saturated carbocycles. The second kappa shape index (κ2) is 5.34. The van der Waals surface area contributed by atoms with Crippen LogP contribution in [0.1, 0.15) is 12.0 Å². The minimum atomic E-state index is -1.27. The second-order valence-electron chi connectivity index (χ2n) is 2.97. The van der Waals surface area contributed by atoms with Crippen molar-refractivity contribution >= 4 is 12.0 Å². The van der Waals surface area contributed by atoms with Crippen LogP contribution in [0.2, 0.25) is 0 Å². The Labute approximate surface area is 90.3 Å². The number of halogens is 3. The van der Waals surface area contributed by atoms with Gasteiger partial charge in [0.05, 0.1) is 13.5 Å². The Bertz CT molecular complexity index is 427. The highest BCUT2D eigenvalue weighted by Crippen LogP contribution is 2.15. The number of carbonyl (C=O) groups is 1. The number of benzene rings is 1. The zero-order valence-electron chi connectivity index (χ0n) is 8.47. The largest absolute Gasteiger partial charge is 0.469 e. The van der Waals surface area contributed by atoms with E-state index in [2.05, 4.69) is 4.74 Å². The van der Waals surface area contributed by atoms with Crippen LogP contribution in [-0.2, 0) is 9.53 Å². The predicted octanol–water partition coefficient (Wildman–Crippen LogP) is 2.68. The Kier molecular flexibility index (Phi) is 4.10. The maximum absolute atomic E-state index is 13.1. The average Bonchev–Trinajstić information content (AvgIpc) is 2.24. The van der Waals surface area contributed by atoms with E-state index in [0.29, 0.717) is 6.07 Å². The topological polar surface area (TPSA) is 26.3 Å². The molecule has 0 fully saturated rings. The van der Waals surface area contributed by atoms with Crippen molar-refractivity contribution in [2.24, 2.45) is 0 Å². The van der Waals surface area contributed by atoms with Crippen molar-refractivity contribution in [1.82, 2.24) is 0 Å². The summed E-state index contributed by atoms with van der Waals surface area (Å²) in [5.74, 6) is -3.81. The van der Waals surface area contributed by atoms with Crippen molar-refractivity contribution in [3.8, 4) is 0 Å². The van der Waals surface area contributed by atoms with Gasteiger partial charge in [-0.1, -0.05) is 12.2 Å². The molecule has 2 nitrogen and oxygen atoms in total. The van der Waals surface area contributed by atoms with E-state index in [1.165, 1.54) is 13.2 Å². The van der Waals surface area contributed by atoms with E-state index >= 15 is 0 Å². The van der Waals surface area contributed by atoms with Gasteiger partial charge in [-0.25, -0.2) is 13.2 Å². The van der Waals surface area contributed by atoms with Crippen LogP contribution < -0.4 is 0 Å². The normalized spacial score (nSPS) is 10.8. The second-order valence-corrected chi connectivity index (χ2v) is 2.97. The third-order valence-corrected chi connectivity index (χ3v) is 1.83. The number of hydrogen-bond acceptors (Lipinski definition) is 2. The first kappa shape index (κ1) is 12.3. The van der Waals surface area contributed by atoms with Gasteiger partial charge in [-0.2, -0.15) is 0 Å². The smallest absolute Gasteiger partial charge is 0.309 e. The van der Waals surface area contributed by atoms with Gasteiger partial charge in [-0.15, -0.1) is 0 Å². The zero-order valence-corrected chi connectivity index (χ0v) is 8.47. The van der Waals surface area contributed by atoms with E-state index in [1.54, 1.807) is 0 Å². The summed E-state index contributed by atoms with van der Waals surface area (Å²) in [7, 11) is 1.21. The van der Waals surface area contributed by atoms with E-state index < -0.39 is 23.4 Å². The number of hydrogen-bond donors (Lipinski definition) is 0. The van der Waals surface area contributed by atoms with Crippen LogP contribution in [0.5, 0.6) is 0 Å². The maximum Gasteiger partial charge on any atom is 0.309 e. The minimum absolute atomic E-state index is 0.0892. The van der Waals surface area contributed by atoms with Crippen molar-refractivity contribution in [3.05, 3.63) is 41.2 Å². The summed E-state index contributed by atoms with van der Waals surface area (Å²) < 4.78 is 42.9. The van der Waals surface area contributed by atoms with E-state index in [0.717, 1.165) is 12.1 Å². The zero-order chi connectivity index (χ0) is 12.1. The van der Waals surface area contributed by atoms with E-state index in [1.807, 2.05) is 0 Å². The lowest BCUT2D eigenvalue weighted by atomic mass is 10.1. The van der Waals surface area contributed by atoms with Crippen LogP contribution >= 0.6 is 0 Å². The SMILES string of the molecule is COC(=O)CC=Cc1cc(F)cc(F)c1F. The molecule has 0 saturated heterocycles. The van der Waals surface area contributed by atoms with Crippen molar-refractivity contribution < 1.29 is 22.7 Å². The fourth-order valence-corrected chi connectivity index (χ4v) is 1.06. The molecule has 0 N–H and O–H groups in total. The van der Waals surface area contributed by atoms with E-state index in [4.69, 9.17) is 0 Å². The fourth-order valence-electron chi connectivity index (χ4n) is 1.06. The quantitative estimate of drug-likeness (QED) is 0.589. The lowest BCUT2D eigenvalue weighted by molar-refractivity contribution is -0.139. The molecule has 0 atom stereocenters. The number of carbonyl (C=O) groups excluding carboxylic acids is 1. The molecule has 1 rings (SSSR count). The fraction of sp³-hybridized carbons (Fsp3) is 0.182. The Morgan fingerprint density at radius 1 is 1.38 bits per heavy atom. The van der Waals surface area contributed by atoms with Crippen molar-refractivity contribution in [1.29, 1.82) is 0 Å². The summed E-state index contributed by atoms with van der Waals surface area (Å²) in [6.45, 7) is 0. The molecule has 1 aromatic carbocycles. The van der Waals surface area contributed by atoms with Gasteiger partial charge < -0.3 is 4.74 Å². The minimum Gasteiger partial charge on any atom is -0.469 e. The van der Waals surface area contributed by atoms with Crippen LogP contribution in [0.25, 0.3) is 6.08 Å². The van der Waals surface area contributed by atoms with Crippen LogP contribution in [0.4, 0.5) is 13.2 Å². The molecule has 0 aliphatic carbocycles. The summed E-state index contributed by atoms with van der Waals surface area (Å²) in [5.41, 5.74) is -0.249. The summed E-state index contributed by atoms with van der Waals surface area (Å²) in [5, 5.41) is 0. The molecule has 0 aliphatic rings. The van der Waals surface area contributed by atoms with Gasteiger partial charge in [0, 0.05) is 11.6 Å². The first-order valence-corrected chi connectivity index (χ1v) is 4.42. The molecule has 0 aromatic heterocycles. The molecular formula is C11H9F3O2. The molecule has 0 unspecified atom stereocenters. The molecular weight excluding hydrogens is 221 g/mol. The van der Waals surface area contributed by atoms with Gasteiger partial charge in [0.1, 0.15) is 5.82 Å². The molecule has 1 aromatic rings. The molecule has 0 aliphatic heterocycles. The number of methoxy groups -OCH3 is 1. The number of ether oxygens (including phenoxy) is 1. The third-order valence-electron chi connectivity index (χ3n) is 1.83. The lowest BCUT2D eigenvalue weighted by Gasteiger charge is -1.99. The van der Waals surface area contributed by atoms with Crippen LogP contribution in [0.15, 0.2) is 18.2 Å². The van der Waals surface area contributed by atoms with Crippen molar-refractivity contribution in [3.63, 3.8) is 0 Å².